The number of rotatable bonds is 5. The van der Waals surface area contributed by atoms with E-state index in [1.54, 1.807) is 0 Å². The van der Waals surface area contributed by atoms with Crippen molar-refractivity contribution in [1.29, 1.82) is 0 Å². The van der Waals surface area contributed by atoms with Crippen molar-refractivity contribution in [3.63, 3.8) is 0 Å². The Morgan fingerprint density at radius 2 is 1.64 bits per heavy atom. The van der Waals surface area contributed by atoms with Gasteiger partial charge in [0.1, 0.15) is 0 Å². The highest BCUT2D eigenvalue weighted by Gasteiger charge is 2.24. The van der Waals surface area contributed by atoms with Crippen molar-refractivity contribution in [3.8, 4) is 0 Å². The number of anilines is 1. The summed E-state index contributed by atoms with van der Waals surface area (Å²) in [4.78, 5) is 21.7. The van der Waals surface area contributed by atoms with Crippen LogP contribution in [0, 0.1) is 6.92 Å². The fraction of sp³-hybridized carbons (Fsp3) is 0.550. The number of carbonyl (C=O) groups excluding carboxylic acids is 1. The summed E-state index contributed by atoms with van der Waals surface area (Å²) < 4.78 is 0. The lowest BCUT2D eigenvalue weighted by molar-refractivity contribution is -0.134. The van der Waals surface area contributed by atoms with E-state index in [1.165, 1.54) is 11.3 Å². The Balaban J connectivity index is 1.44. The Labute approximate surface area is 151 Å². The quantitative estimate of drug-likeness (QED) is 0.758. The molecule has 0 N–H and O–H groups in total. The second-order valence-corrected chi connectivity index (χ2v) is 7.02. The van der Waals surface area contributed by atoms with E-state index >= 15 is 0 Å². The van der Waals surface area contributed by atoms with E-state index in [9.17, 15) is 4.79 Å². The number of aryl methyl sites for hydroxylation is 1. The van der Waals surface area contributed by atoms with Gasteiger partial charge in [0.05, 0.1) is 6.54 Å². The van der Waals surface area contributed by atoms with Gasteiger partial charge >= 0.3 is 0 Å². The summed E-state index contributed by atoms with van der Waals surface area (Å²) in [6, 6.07) is 8.54. The summed E-state index contributed by atoms with van der Waals surface area (Å²) in [7, 11) is 0. The molecule has 2 heterocycles. The molecule has 1 aromatic rings. The first-order chi connectivity index (χ1) is 12.2. The van der Waals surface area contributed by atoms with E-state index in [2.05, 4.69) is 52.5 Å². The van der Waals surface area contributed by atoms with Crippen LogP contribution in [-0.2, 0) is 4.79 Å². The second kappa shape index (κ2) is 8.50. The number of hydrogen-bond acceptors (Lipinski definition) is 4. The molecule has 0 saturated carbocycles. The Morgan fingerprint density at radius 3 is 2.28 bits per heavy atom. The molecule has 0 spiro atoms. The molecule has 1 amide bonds. The first kappa shape index (κ1) is 18.0. The molecule has 0 bridgehead atoms. The van der Waals surface area contributed by atoms with Crippen LogP contribution in [0.15, 0.2) is 36.9 Å². The minimum Gasteiger partial charge on any atom is -0.369 e. The van der Waals surface area contributed by atoms with Crippen molar-refractivity contribution >= 4 is 11.6 Å². The first-order valence-corrected chi connectivity index (χ1v) is 9.31. The molecule has 2 aliphatic heterocycles. The zero-order valence-corrected chi connectivity index (χ0v) is 15.4. The van der Waals surface area contributed by atoms with Crippen LogP contribution in [0.4, 0.5) is 5.69 Å². The zero-order chi connectivity index (χ0) is 17.6. The minimum atomic E-state index is 0.280. The fourth-order valence-electron chi connectivity index (χ4n) is 3.72. The van der Waals surface area contributed by atoms with Crippen LogP contribution in [0.2, 0.25) is 0 Å². The third-order valence-electron chi connectivity index (χ3n) is 5.30. The molecule has 5 nitrogen and oxygen atoms in total. The normalized spacial score (nSPS) is 19.9. The molecule has 2 saturated heterocycles. The molecule has 0 aliphatic carbocycles. The summed E-state index contributed by atoms with van der Waals surface area (Å²) in [5.74, 6) is 0.280. The largest absolute Gasteiger partial charge is 0.369 e. The maximum Gasteiger partial charge on any atom is 0.236 e. The number of para-hydroxylation sites is 1. The van der Waals surface area contributed by atoms with Crippen molar-refractivity contribution in [2.24, 2.45) is 0 Å². The Kier molecular flexibility index (Phi) is 6.10. The molecular formula is C20H30N4O. The zero-order valence-electron chi connectivity index (χ0n) is 15.4. The van der Waals surface area contributed by atoms with Crippen molar-refractivity contribution in [2.45, 2.75) is 6.92 Å². The molecule has 1 aromatic carbocycles. The Morgan fingerprint density at radius 1 is 1.00 bits per heavy atom. The maximum absolute atomic E-state index is 12.6. The van der Waals surface area contributed by atoms with Crippen LogP contribution in [0.3, 0.4) is 0 Å². The lowest BCUT2D eigenvalue weighted by atomic mass is 10.1. The SMILES string of the molecule is C=CCN1CCN(C(=O)CN2CCN(c3ccccc3C)CC2)CC1. The molecule has 3 rings (SSSR count). The van der Waals surface area contributed by atoms with Gasteiger partial charge in [0.2, 0.25) is 5.91 Å². The molecule has 0 unspecified atom stereocenters. The average molecular weight is 342 g/mol. The van der Waals surface area contributed by atoms with E-state index in [4.69, 9.17) is 0 Å². The fourth-order valence-corrected chi connectivity index (χ4v) is 3.72. The predicted molar refractivity (Wildman–Crippen MR) is 103 cm³/mol. The third-order valence-corrected chi connectivity index (χ3v) is 5.30. The van der Waals surface area contributed by atoms with Gasteiger partial charge in [-0.15, -0.1) is 6.58 Å². The average Bonchev–Trinajstić information content (AvgIpc) is 2.64. The maximum atomic E-state index is 12.6. The summed E-state index contributed by atoms with van der Waals surface area (Å²) in [6.45, 7) is 14.9. The van der Waals surface area contributed by atoms with E-state index in [0.29, 0.717) is 6.54 Å². The summed E-state index contributed by atoms with van der Waals surface area (Å²) in [5.41, 5.74) is 2.65. The van der Waals surface area contributed by atoms with Gasteiger partial charge in [0.25, 0.3) is 0 Å². The number of nitrogens with zero attached hydrogens (tertiary/aromatic N) is 4. The van der Waals surface area contributed by atoms with E-state index < -0.39 is 0 Å². The molecular weight excluding hydrogens is 312 g/mol. The number of amides is 1. The number of benzene rings is 1. The van der Waals surface area contributed by atoms with Crippen molar-refractivity contribution < 1.29 is 4.79 Å². The van der Waals surface area contributed by atoms with Crippen LogP contribution in [0.1, 0.15) is 5.56 Å². The van der Waals surface area contributed by atoms with Gasteiger partial charge in [-0.3, -0.25) is 14.6 Å². The number of piperazine rings is 2. The van der Waals surface area contributed by atoms with E-state index in [1.807, 2.05) is 11.0 Å². The van der Waals surface area contributed by atoms with Gasteiger partial charge in [-0.25, -0.2) is 0 Å². The van der Waals surface area contributed by atoms with Crippen LogP contribution >= 0.6 is 0 Å². The summed E-state index contributed by atoms with van der Waals surface area (Å²) in [6.07, 6.45) is 1.94. The lowest BCUT2D eigenvalue weighted by Gasteiger charge is -2.38. The van der Waals surface area contributed by atoms with Gasteiger partial charge in [-0.2, -0.15) is 0 Å². The molecule has 0 aromatic heterocycles. The van der Waals surface area contributed by atoms with Crippen LogP contribution in [0.25, 0.3) is 0 Å². The van der Waals surface area contributed by atoms with Crippen molar-refractivity contribution in [3.05, 3.63) is 42.5 Å². The highest BCUT2D eigenvalue weighted by atomic mass is 16.2. The molecule has 136 valence electrons. The van der Waals surface area contributed by atoms with E-state index in [-0.39, 0.29) is 5.91 Å². The highest BCUT2D eigenvalue weighted by Crippen LogP contribution is 2.20. The molecule has 0 atom stereocenters. The van der Waals surface area contributed by atoms with Gasteiger partial charge in [0, 0.05) is 64.6 Å². The smallest absolute Gasteiger partial charge is 0.236 e. The molecule has 2 aliphatic rings. The standard InChI is InChI=1S/C20H30N4O/c1-3-8-21-9-15-24(16-10-21)20(25)17-22-11-13-23(14-12-22)19-7-5-4-6-18(19)2/h3-7H,1,8-17H2,2H3. The number of hydrogen-bond donors (Lipinski definition) is 0. The van der Waals surface area contributed by atoms with E-state index in [0.717, 1.165) is 58.9 Å². The number of carbonyl (C=O) groups is 1. The monoisotopic (exact) mass is 342 g/mol. The summed E-state index contributed by atoms with van der Waals surface area (Å²) >= 11 is 0. The summed E-state index contributed by atoms with van der Waals surface area (Å²) in [5, 5.41) is 0. The van der Waals surface area contributed by atoms with Gasteiger partial charge < -0.3 is 9.80 Å². The molecule has 5 heteroatoms. The minimum absolute atomic E-state index is 0.280. The van der Waals surface area contributed by atoms with Gasteiger partial charge in [-0.1, -0.05) is 24.3 Å². The Hall–Kier alpha value is -1.85. The Bertz CT molecular complexity index is 587. The van der Waals surface area contributed by atoms with Crippen LogP contribution in [0.5, 0.6) is 0 Å². The van der Waals surface area contributed by atoms with Crippen molar-refractivity contribution in [2.75, 3.05) is 70.3 Å². The predicted octanol–water partition coefficient (Wildman–Crippen LogP) is 1.45. The first-order valence-electron chi connectivity index (χ1n) is 9.31. The van der Waals surface area contributed by atoms with Crippen LogP contribution in [-0.4, -0.2) is 86.1 Å². The second-order valence-electron chi connectivity index (χ2n) is 7.02. The van der Waals surface area contributed by atoms with Crippen LogP contribution < -0.4 is 4.90 Å². The molecule has 2 fully saturated rings. The lowest BCUT2D eigenvalue weighted by Crippen LogP contribution is -2.53. The topological polar surface area (TPSA) is 30.0 Å². The van der Waals surface area contributed by atoms with Crippen molar-refractivity contribution in [1.82, 2.24) is 14.7 Å². The van der Waals surface area contributed by atoms with Gasteiger partial charge in [0.15, 0.2) is 0 Å². The highest BCUT2D eigenvalue weighted by molar-refractivity contribution is 5.78. The molecule has 0 radical (unpaired) electrons. The molecule has 25 heavy (non-hydrogen) atoms. The van der Waals surface area contributed by atoms with Gasteiger partial charge in [-0.05, 0) is 18.6 Å². The third kappa shape index (κ3) is 4.61.